The number of hydrogen-bond acceptors (Lipinski definition) is 8. The standard InChI is InChI=1S/C18H24F8O8S2/c1-15(2)7-11(27)16(12(28)8-15,3-5-35(29,30)33-9-17(23,24)13(19)20)4-6-36(31,32)34-10-18(25,26)14(21)22/h13-14H,3-10H2,1-2H3. The Hall–Kier alpha value is -1.40. The van der Waals surface area contributed by atoms with Gasteiger partial charge in [-0.15, -0.1) is 0 Å². The van der Waals surface area contributed by atoms with Crippen LogP contribution in [-0.2, 0) is 38.2 Å². The minimum Gasteiger partial charge on any atom is -0.299 e. The Bertz CT molecular complexity index is 946. The van der Waals surface area contributed by atoms with Crippen LogP contribution >= 0.6 is 0 Å². The number of rotatable bonds is 14. The van der Waals surface area contributed by atoms with E-state index < -0.39 is 105 Å². The van der Waals surface area contributed by atoms with Crippen molar-refractivity contribution in [3.05, 3.63) is 0 Å². The van der Waals surface area contributed by atoms with E-state index in [4.69, 9.17) is 0 Å². The number of Topliss-reactive ketones (excluding diaryl/α,β-unsaturated/α-hetero) is 2. The smallest absolute Gasteiger partial charge is 0.299 e. The van der Waals surface area contributed by atoms with Crippen molar-refractivity contribution in [1.82, 2.24) is 0 Å². The summed E-state index contributed by atoms with van der Waals surface area (Å²) < 4.78 is 157. The van der Waals surface area contributed by atoms with Gasteiger partial charge in [-0.05, 0) is 18.3 Å². The normalized spacial score (nSPS) is 19.3. The molecular weight excluding hydrogens is 560 g/mol. The van der Waals surface area contributed by atoms with E-state index in [1.54, 1.807) is 0 Å². The third-order valence-corrected chi connectivity index (χ3v) is 7.77. The molecule has 0 heterocycles. The third-order valence-electron chi connectivity index (χ3n) is 5.40. The molecule has 0 atom stereocenters. The van der Waals surface area contributed by atoms with Crippen molar-refractivity contribution in [2.75, 3.05) is 24.7 Å². The molecule has 212 valence electrons. The van der Waals surface area contributed by atoms with Crippen molar-refractivity contribution in [2.45, 2.75) is 64.2 Å². The number of carbonyl (C=O) groups excluding carboxylic acids is 2. The van der Waals surface area contributed by atoms with Gasteiger partial charge in [0, 0.05) is 12.8 Å². The molecule has 0 saturated heterocycles. The van der Waals surface area contributed by atoms with E-state index in [9.17, 15) is 61.5 Å². The second-order valence-electron chi connectivity index (χ2n) is 9.12. The first kappa shape index (κ1) is 32.6. The maximum Gasteiger partial charge on any atom is 0.331 e. The van der Waals surface area contributed by atoms with Crippen LogP contribution in [0.3, 0.4) is 0 Å². The van der Waals surface area contributed by atoms with Gasteiger partial charge in [0.05, 0.1) is 16.9 Å². The van der Waals surface area contributed by atoms with Crippen LogP contribution in [0.1, 0.15) is 39.5 Å². The number of hydrogen-bond donors (Lipinski definition) is 0. The molecule has 0 amide bonds. The molecule has 8 nitrogen and oxygen atoms in total. The van der Waals surface area contributed by atoms with Gasteiger partial charge in [0.15, 0.2) is 0 Å². The maximum absolute atomic E-state index is 13.0. The molecule has 1 aliphatic rings. The summed E-state index contributed by atoms with van der Waals surface area (Å²) in [4.78, 5) is 25.7. The number of halogens is 8. The average Bonchev–Trinajstić information content (AvgIpc) is 2.69. The van der Waals surface area contributed by atoms with E-state index >= 15 is 0 Å². The molecule has 1 saturated carbocycles. The van der Waals surface area contributed by atoms with Gasteiger partial charge in [-0.3, -0.25) is 18.0 Å². The summed E-state index contributed by atoms with van der Waals surface area (Å²) in [6.45, 7) is -1.50. The van der Waals surface area contributed by atoms with Gasteiger partial charge >= 0.3 is 24.7 Å². The first-order valence-electron chi connectivity index (χ1n) is 10.1. The van der Waals surface area contributed by atoms with Crippen molar-refractivity contribution in [1.29, 1.82) is 0 Å². The van der Waals surface area contributed by atoms with Crippen LogP contribution in [0.15, 0.2) is 0 Å². The van der Waals surface area contributed by atoms with Crippen molar-refractivity contribution in [3.8, 4) is 0 Å². The summed E-state index contributed by atoms with van der Waals surface area (Å²) >= 11 is 0. The van der Waals surface area contributed by atoms with E-state index in [-0.39, 0.29) is 12.8 Å². The molecule has 36 heavy (non-hydrogen) atoms. The van der Waals surface area contributed by atoms with Crippen LogP contribution in [0.25, 0.3) is 0 Å². The number of carbonyl (C=O) groups is 2. The highest BCUT2D eigenvalue weighted by Crippen LogP contribution is 2.45. The Morgan fingerprint density at radius 3 is 1.33 bits per heavy atom. The molecule has 0 radical (unpaired) electrons. The fourth-order valence-electron chi connectivity index (χ4n) is 3.29. The summed E-state index contributed by atoms with van der Waals surface area (Å²) in [5.41, 5.74) is -3.29. The molecule has 0 aromatic heterocycles. The Kier molecular flexibility index (Phi) is 10.1. The minimum absolute atomic E-state index is 0.368. The zero-order valence-electron chi connectivity index (χ0n) is 18.9. The summed E-state index contributed by atoms with van der Waals surface area (Å²) in [5.74, 6) is -14.3. The molecule has 1 fully saturated rings. The van der Waals surface area contributed by atoms with E-state index in [2.05, 4.69) is 8.37 Å². The number of alkyl halides is 8. The van der Waals surface area contributed by atoms with Crippen molar-refractivity contribution in [3.63, 3.8) is 0 Å². The van der Waals surface area contributed by atoms with Gasteiger partial charge in [-0.1, -0.05) is 13.8 Å². The van der Waals surface area contributed by atoms with Crippen LogP contribution in [0, 0.1) is 10.8 Å². The molecule has 0 aromatic carbocycles. The largest absolute Gasteiger partial charge is 0.331 e. The molecule has 0 unspecified atom stereocenters. The second-order valence-corrected chi connectivity index (χ2v) is 12.6. The van der Waals surface area contributed by atoms with E-state index in [1.165, 1.54) is 13.8 Å². The zero-order chi connectivity index (χ0) is 28.4. The summed E-state index contributed by atoms with van der Waals surface area (Å²) in [7, 11) is -10.1. The maximum atomic E-state index is 13.0. The first-order valence-corrected chi connectivity index (χ1v) is 13.3. The third kappa shape index (κ3) is 8.86. The van der Waals surface area contributed by atoms with Gasteiger partial charge in [0.25, 0.3) is 20.2 Å². The number of ketones is 2. The molecule has 0 aliphatic heterocycles. The highest BCUT2D eigenvalue weighted by atomic mass is 32.2. The van der Waals surface area contributed by atoms with Gasteiger partial charge in [-0.2, -0.15) is 34.4 Å². The van der Waals surface area contributed by atoms with Gasteiger partial charge in [0.2, 0.25) is 0 Å². The van der Waals surface area contributed by atoms with Gasteiger partial charge in [0.1, 0.15) is 24.8 Å². The summed E-state index contributed by atoms with van der Waals surface area (Å²) in [6.07, 6.45) is -11.3. The average molecular weight is 585 g/mol. The fourth-order valence-corrected chi connectivity index (χ4v) is 5.39. The van der Waals surface area contributed by atoms with Gasteiger partial charge in [-0.25, -0.2) is 17.6 Å². The molecule has 0 spiro atoms. The summed E-state index contributed by atoms with van der Waals surface area (Å²) in [6, 6.07) is 0. The quantitative estimate of drug-likeness (QED) is 0.173. The minimum atomic E-state index is -5.04. The monoisotopic (exact) mass is 584 g/mol. The Morgan fingerprint density at radius 2 is 1.06 bits per heavy atom. The Morgan fingerprint density at radius 1 is 0.750 bits per heavy atom. The van der Waals surface area contributed by atoms with Crippen molar-refractivity contribution >= 4 is 31.8 Å². The lowest BCUT2D eigenvalue weighted by Crippen LogP contribution is -2.49. The second kappa shape index (κ2) is 11.1. The lowest BCUT2D eigenvalue weighted by Gasteiger charge is -2.40. The highest BCUT2D eigenvalue weighted by molar-refractivity contribution is 7.87. The molecule has 18 heteroatoms. The zero-order valence-corrected chi connectivity index (χ0v) is 20.6. The van der Waals surface area contributed by atoms with E-state index in [0.29, 0.717) is 0 Å². The Labute approximate surface area is 201 Å². The molecule has 0 aromatic rings. The van der Waals surface area contributed by atoms with Crippen LogP contribution in [0.4, 0.5) is 35.1 Å². The van der Waals surface area contributed by atoms with Crippen LogP contribution in [0.2, 0.25) is 0 Å². The predicted octanol–water partition coefficient (Wildman–Crippen LogP) is 3.20. The topological polar surface area (TPSA) is 121 Å². The SMILES string of the molecule is CC1(C)CC(=O)C(CCS(=O)(=O)OCC(F)(F)C(F)F)(CCS(=O)(=O)OCC(F)(F)C(F)F)C(=O)C1. The van der Waals surface area contributed by atoms with Gasteiger partial charge < -0.3 is 0 Å². The van der Waals surface area contributed by atoms with Crippen LogP contribution in [-0.4, -0.2) is 77.8 Å². The molecule has 0 N–H and O–H groups in total. The molecular formula is C18H24F8O8S2. The van der Waals surface area contributed by atoms with Crippen molar-refractivity contribution in [2.24, 2.45) is 10.8 Å². The van der Waals surface area contributed by atoms with Crippen LogP contribution in [0.5, 0.6) is 0 Å². The Balaban J connectivity index is 3.10. The predicted molar refractivity (Wildman–Crippen MR) is 106 cm³/mol. The fraction of sp³-hybridized carbons (Fsp3) is 0.889. The molecule has 0 bridgehead atoms. The first-order chi connectivity index (χ1) is 16.0. The lowest BCUT2D eigenvalue weighted by atomic mass is 9.61. The van der Waals surface area contributed by atoms with E-state index in [1.807, 2.05) is 0 Å². The van der Waals surface area contributed by atoms with E-state index in [0.717, 1.165) is 0 Å². The lowest BCUT2D eigenvalue weighted by molar-refractivity contribution is -0.149. The molecule has 1 rings (SSSR count). The summed E-state index contributed by atoms with van der Waals surface area (Å²) in [5, 5.41) is 0. The highest BCUT2D eigenvalue weighted by Gasteiger charge is 2.53. The van der Waals surface area contributed by atoms with Crippen molar-refractivity contribution < 1.29 is 69.9 Å². The molecule has 1 aliphatic carbocycles. The van der Waals surface area contributed by atoms with Crippen LogP contribution < -0.4 is 0 Å².